The van der Waals surface area contributed by atoms with Gasteiger partial charge in [-0.05, 0) is 0 Å². The molecule has 0 aliphatic heterocycles. The Morgan fingerprint density at radius 1 is 1.00 bits per heavy atom. The number of rotatable bonds is 4. The van der Waals surface area contributed by atoms with Crippen LogP contribution in [0.15, 0.2) is 37.8 Å². The Bertz CT molecular complexity index is 213. The van der Waals surface area contributed by atoms with E-state index in [1.807, 2.05) is 0 Å². The number of carbonyl (C=O) groups excluding carboxylic acids is 2. The maximum atomic E-state index is 10.5. The molecular weight excluding hydrogens is 183 g/mol. The van der Waals surface area contributed by atoms with E-state index in [0.717, 1.165) is 24.7 Å². The summed E-state index contributed by atoms with van der Waals surface area (Å²) in [5, 5.41) is 0. The summed E-state index contributed by atoms with van der Waals surface area (Å²) in [6.07, 6.45) is 3.78. The van der Waals surface area contributed by atoms with Crippen molar-refractivity contribution in [3.05, 3.63) is 37.8 Å². The molecule has 0 unspecified atom stereocenters. The first-order valence-electron chi connectivity index (χ1n) is 3.02. The summed E-state index contributed by atoms with van der Waals surface area (Å²) in [5.41, 5.74) is 0. The number of esters is 2. The molecule has 4 nitrogen and oxygen atoms in total. The summed E-state index contributed by atoms with van der Waals surface area (Å²) in [7, 11) is 0. The van der Waals surface area contributed by atoms with Crippen LogP contribution in [0.1, 0.15) is 1.43 Å². The molecule has 0 radical (unpaired) electrons. The van der Waals surface area contributed by atoms with Gasteiger partial charge in [0.1, 0.15) is 0 Å². The van der Waals surface area contributed by atoms with Gasteiger partial charge in [0.2, 0.25) is 0 Å². The normalized spacial score (nSPS) is 8.31. The Morgan fingerprint density at radius 3 is 1.54 bits per heavy atom. The molecule has 0 aromatic heterocycles. The van der Waals surface area contributed by atoms with Crippen molar-refractivity contribution in [3.63, 3.8) is 0 Å². The summed E-state index contributed by atoms with van der Waals surface area (Å²) in [5.74, 6) is -1.38. The molecule has 0 atom stereocenters. The van der Waals surface area contributed by atoms with E-state index in [9.17, 15) is 9.59 Å². The van der Waals surface area contributed by atoms with Crippen LogP contribution in [0.2, 0.25) is 0 Å². The number of hydrogen-bond acceptors (Lipinski definition) is 4. The fourth-order valence-corrected chi connectivity index (χ4v) is 0.379. The third kappa shape index (κ3) is 9.07. The van der Waals surface area contributed by atoms with Crippen molar-refractivity contribution < 1.29 is 50.0 Å². The first-order chi connectivity index (χ1) is 5.70. The van der Waals surface area contributed by atoms with E-state index in [0.29, 0.717) is 0 Å². The van der Waals surface area contributed by atoms with Gasteiger partial charge in [-0.2, -0.15) is 0 Å². The molecule has 0 fully saturated rings. The Balaban J connectivity index is -0.000000605. The molecule has 0 heterocycles. The molecule has 0 saturated heterocycles. The van der Waals surface area contributed by atoms with Crippen molar-refractivity contribution in [3.8, 4) is 0 Å². The molecule has 0 aliphatic rings. The Kier molecular flexibility index (Phi) is 10.4. The molecule has 13 heavy (non-hydrogen) atoms. The van der Waals surface area contributed by atoms with Gasteiger partial charge in [0.05, 0.1) is 12.5 Å². The van der Waals surface area contributed by atoms with Gasteiger partial charge in [0.15, 0.2) is 0 Å². The van der Waals surface area contributed by atoms with E-state index >= 15 is 0 Å². The molecule has 0 amide bonds. The van der Waals surface area contributed by atoms with E-state index in [1.165, 1.54) is 0 Å². The monoisotopic (exact) mass is 192 g/mol. The van der Waals surface area contributed by atoms with Crippen molar-refractivity contribution in [2.24, 2.45) is 0 Å². The average molecular weight is 192 g/mol. The summed E-state index contributed by atoms with van der Waals surface area (Å²) in [6, 6.07) is 0. The van der Waals surface area contributed by atoms with Crippen molar-refractivity contribution in [1.82, 2.24) is 0 Å². The van der Waals surface area contributed by atoms with Crippen LogP contribution in [0.5, 0.6) is 0 Å². The van der Waals surface area contributed by atoms with Crippen LogP contribution in [0.3, 0.4) is 0 Å². The van der Waals surface area contributed by atoms with Gasteiger partial charge in [0.25, 0.3) is 0 Å². The van der Waals surface area contributed by atoms with E-state index in [2.05, 4.69) is 22.6 Å². The second kappa shape index (κ2) is 9.25. The minimum atomic E-state index is -0.689. The van der Waals surface area contributed by atoms with Crippen LogP contribution in [-0.4, -0.2) is 11.9 Å². The number of ether oxygens (including phenoxy) is 2. The fraction of sp³-hybridized carbons (Fsp3) is 0. The zero-order valence-corrected chi connectivity index (χ0v) is 9.36. The van der Waals surface area contributed by atoms with Gasteiger partial charge in [-0.25, -0.2) is 9.59 Å². The standard InChI is InChI=1S/C8H8O4.Na.H/c1-3-11-7(9)5-6-8(10)12-4-2;;/h3-6H,1-2H2;;/q;+1;-1/b6-5-;;. The third-order valence-corrected chi connectivity index (χ3v) is 0.754. The molecule has 0 rings (SSSR count). The zero-order valence-electron chi connectivity index (χ0n) is 8.36. The topological polar surface area (TPSA) is 52.6 Å². The van der Waals surface area contributed by atoms with E-state index in [1.54, 1.807) is 0 Å². The Labute approximate surface area is 99.7 Å². The first-order valence-corrected chi connectivity index (χ1v) is 3.02. The smallest absolute Gasteiger partial charge is 1.00 e. The SMILES string of the molecule is C=COC(=O)/C=C\C(=O)OC=C.[H-].[Na+]. The van der Waals surface area contributed by atoms with Crippen LogP contribution in [-0.2, 0) is 19.1 Å². The maximum absolute atomic E-state index is 10.5. The Morgan fingerprint density at radius 2 is 1.31 bits per heavy atom. The molecule has 0 aliphatic carbocycles. The molecule has 0 spiro atoms. The average Bonchev–Trinajstić information content (AvgIpc) is 2.02. The summed E-state index contributed by atoms with van der Waals surface area (Å²) in [4.78, 5) is 21.1. The molecule has 0 saturated carbocycles. The molecular formula is C8H9NaO4. The van der Waals surface area contributed by atoms with Gasteiger partial charge >= 0.3 is 41.5 Å². The van der Waals surface area contributed by atoms with Crippen LogP contribution in [0, 0.1) is 0 Å². The van der Waals surface area contributed by atoms with Crippen molar-refractivity contribution in [2.75, 3.05) is 0 Å². The van der Waals surface area contributed by atoms with Gasteiger partial charge in [0, 0.05) is 12.2 Å². The molecule has 66 valence electrons. The van der Waals surface area contributed by atoms with Crippen molar-refractivity contribution in [2.45, 2.75) is 0 Å². The minimum Gasteiger partial charge on any atom is -1.00 e. The first kappa shape index (κ1) is 14.7. The largest absolute Gasteiger partial charge is 1.00 e. The third-order valence-electron chi connectivity index (χ3n) is 0.754. The second-order valence-electron chi connectivity index (χ2n) is 1.54. The molecule has 0 aromatic carbocycles. The maximum Gasteiger partial charge on any atom is 1.00 e. The Hall–Kier alpha value is -0.840. The number of carbonyl (C=O) groups is 2. The van der Waals surface area contributed by atoms with Crippen LogP contribution in [0.25, 0.3) is 0 Å². The molecule has 0 bridgehead atoms. The molecule has 0 N–H and O–H groups in total. The van der Waals surface area contributed by atoms with Gasteiger partial charge in [-0.15, -0.1) is 0 Å². The summed E-state index contributed by atoms with van der Waals surface area (Å²) < 4.78 is 8.55. The van der Waals surface area contributed by atoms with Crippen molar-refractivity contribution in [1.29, 1.82) is 0 Å². The predicted octanol–water partition coefficient (Wildman–Crippen LogP) is -1.97. The van der Waals surface area contributed by atoms with Gasteiger partial charge in [-0.1, -0.05) is 13.2 Å². The zero-order chi connectivity index (χ0) is 9.40. The quantitative estimate of drug-likeness (QED) is 0.224. The molecule has 0 aromatic rings. The van der Waals surface area contributed by atoms with E-state index in [4.69, 9.17) is 0 Å². The minimum absolute atomic E-state index is 0. The fourth-order valence-electron chi connectivity index (χ4n) is 0.379. The summed E-state index contributed by atoms with van der Waals surface area (Å²) >= 11 is 0. The van der Waals surface area contributed by atoms with Crippen LogP contribution in [0.4, 0.5) is 0 Å². The van der Waals surface area contributed by atoms with Crippen molar-refractivity contribution >= 4 is 11.9 Å². The molecule has 5 heteroatoms. The number of hydrogen-bond donors (Lipinski definition) is 0. The van der Waals surface area contributed by atoms with Crippen LogP contribution >= 0.6 is 0 Å². The van der Waals surface area contributed by atoms with Crippen LogP contribution < -0.4 is 29.6 Å². The summed E-state index contributed by atoms with van der Waals surface area (Å²) in [6.45, 7) is 6.31. The predicted molar refractivity (Wildman–Crippen MR) is 42.8 cm³/mol. The van der Waals surface area contributed by atoms with Gasteiger partial charge in [-0.3, -0.25) is 0 Å². The van der Waals surface area contributed by atoms with E-state index in [-0.39, 0.29) is 31.0 Å². The second-order valence-corrected chi connectivity index (χ2v) is 1.54. The van der Waals surface area contributed by atoms with Gasteiger partial charge < -0.3 is 10.9 Å². The van der Waals surface area contributed by atoms with E-state index < -0.39 is 11.9 Å².